The number of hydrogen-bond acceptors (Lipinski definition) is 7. The van der Waals surface area contributed by atoms with Crippen LogP contribution in [0.3, 0.4) is 0 Å². The molecule has 0 aromatic heterocycles. The highest BCUT2D eigenvalue weighted by Crippen LogP contribution is 2.34. The second-order valence-corrected chi connectivity index (χ2v) is 9.19. The van der Waals surface area contributed by atoms with Crippen LogP contribution in [0, 0.1) is 24.0 Å². The molecular weight excluding hydrogens is 480 g/mol. The summed E-state index contributed by atoms with van der Waals surface area (Å²) in [5.74, 6) is 0.886. The number of aryl methyl sites for hydroxylation is 2. The number of thioether (sulfide) groups is 1. The van der Waals surface area contributed by atoms with Crippen molar-refractivity contribution >= 4 is 34.7 Å². The van der Waals surface area contributed by atoms with E-state index >= 15 is 0 Å². The molecule has 1 heterocycles. The average Bonchev–Trinajstić information content (AvgIpc) is 3.13. The van der Waals surface area contributed by atoms with Gasteiger partial charge in [0.05, 0.1) is 16.4 Å². The van der Waals surface area contributed by atoms with Gasteiger partial charge in [0.15, 0.2) is 0 Å². The molecule has 4 rings (SSSR count). The van der Waals surface area contributed by atoms with Crippen molar-refractivity contribution in [1.29, 1.82) is 0 Å². The molecule has 1 fully saturated rings. The van der Waals surface area contributed by atoms with Gasteiger partial charge in [-0.15, -0.1) is 0 Å². The lowest BCUT2D eigenvalue weighted by atomic mass is 10.1. The van der Waals surface area contributed by atoms with Crippen LogP contribution in [0.15, 0.2) is 71.6 Å². The fourth-order valence-electron chi connectivity index (χ4n) is 3.55. The van der Waals surface area contributed by atoms with E-state index < -0.39 is 4.92 Å². The van der Waals surface area contributed by atoms with Gasteiger partial charge in [0.1, 0.15) is 24.7 Å². The summed E-state index contributed by atoms with van der Waals surface area (Å²) in [6.45, 7) is 4.46. The van der Waals surface area contributed by atoms with Gasteiger partial charge in [0.25, 0.3) is 16.8 Å². The van der Waals surface area contributed by atoms with E-state index in [9.17, 15) is 19.7 Å². The van der Waals surface area contributed by atoms with Crippen LogP contribution in [-0.4, -0.2) is 34.1 Å². The summed E-state index contributed by atoms with van der Waals surface area (Å²) >= 11 is 0.880. The number of carbonyl (C=O) groups is 2. The van der Waals surface area contributed by atoms with Crippen LogP contribution in [0.2, 0.25) is 0 Å². The molecule has 0 N–H and O–H groups in total. The minimum absolute atomic E-state index is 0.00860. The zero-order chi connectivity index (χ0) is 25.7. The van der Waals surface area contributed by atoms with E-state index in [1.165, 1.54) is 17.0 Å². The first-order valence-corrected chi connectivity index (χ1v) is 12.0. The van der Waals surface area contributed by atoms with Gasteiger partial charge in [-0.2, -0.15) is 0 Å². The molecule has 0 atom stereocenters. The van der Waals surface area contributed by atoms with Crippen molar-refractivity contribution in [3.05, 3.63) is 104 Å². The Kier molecular flexibility index (Phi) is 7.70. The van der Waals surface area contributed by atoms with Crippen molar-refractivity contribution in [2.75, 3.05) is 13.2 Å². The molecular formula is C27H24N2O6S. The van der Waals surface area contributed by atoms with Crippen LogP contribution < -0.4 is 9.47 Å². The Bertz CT molecular complexity index is 1340. The number of non-ortho nitro benzene ring substituents is 1. The average molecular weight is 505 g/mol. The molecule has 36 heavy (non-hydrogen) atoms. The molecule has 0 spiro atoms. The Morgan fingerprint density at radius 2 is 1.72 bits per heavy atom. The van der Waals surface area contributed by atoms with Crippen LogP contribution in [-0.2, 0) is 11.4 Å². The Morgan fingerprint density at radius 1 is 0.972 bits per heavy atom. The molecule has 1 aliphatic rings. The van der Waals surface area contributed by atoms with Gasteiger partial charge in [-0.3, -0.25) is 24.6 Å². The van der Waals surface area contributed by atoms with Crippen molar-refractivity contribution in [1.82, 2.24) is 4.90 Å². The predicted octanol–water partition coefficient (Wildman–Crippen LogP) is 5.91. The number of nitrogens with zero attached hydrogens (tertiary/aromatic N) is 2. The number of para-hydroxylation sites is 1. The van der Waals surface area contributed by atoms with Crippen molar-refractivity contribution in [3.8, 4) is 11.5 Å². The van der Waals surface area contributed by atoms with E-state index in [2.05, 4.69) is 0 Å². The number of imide groups is 1. The summed E-state index contributed by atoms with van der Waals surface area (Å²) in [5, 5.41) is 10.5. The lowest BCUT2D eigenvalue weighted by molar-refractivity contribution is -0.384. The summed E-state index contributed by atoms with van der Waals surface area (Å²) in [6.07, 6.45) is 1.64. The minimum Gasteiger partial charge on any atom is -0.491 e. The number of rotatable bonds is 9. The summed E-state index contributed by atoms with van der Waals surface area (Å²) < 4.78 is 11.7. The normalized spacial score (nSPS) is 14.4. The lowest BCUT2D eigenvalue weighted by Crippen LogP contribution is -2.32. The molecule has 8 nitrogen and oxygen atoms in total. The molecule has 3 aromatic carbocycles. The summed E-state index contributed by atoms with van der Waals surface area (Å²) in [6, 6.07) is 19.2. The summed E-state index contributed by atoms with van der Waals surface area (Å²) in [5.41, 5.74) is 3.48. The first kappa shape index (κ1) is 25.0. The first-order valence-electron chi connectivity index (χ1n) is 11.2. The molecule has 0 bridgehead atoms. The maximum atomic E-state index is 12.9. The second kappa shape index (κ2) is 11.1. The van der Waals surface area contributed by atoms with Crippen molar-refractivity contribution in [2.24, 2.45) is 0 Å². The Balaban J connectivity index is 1.41. The third-order valence-corrected chi connectivity index (χ3v) is 6.44. The highest BCUT2D eigenvalue weighted by Gasteiger charge is 2.35. The third-order valence-electron chi connectivity index (χ3n) is 5.54. The standard InChI is InChI=1S/C27H24N2O6S/c1-18-7-8-19(2)24(15-18)34-14-13-28-26(30)25(36-27(28)31)16-21-5-3-4-6-23(21)35-17-20-9-11-22(12-10-20)29(32)33/h3-12,15-16H,13-14,17H2,1-2H3/b25-16-. The highest BCUT2D eigenvalue weighted by atomic mass is 32.2. The topological polar surface area (TPSA) is 99.0 Å². The quantitative estimate of drug-likeness (QED) is 0.203. The number of nitro benzene ring substituents is 1. The molecule has 0 saturated carbocycles. The Morgan fingerprint density at radius 3 is 2.47 bits per heavy atom. The van der Waals surface area contributed by atoms with Crippen LogP contribution in [0.4, 0.5) is 10.5 Å². The van der Waals surface area contributed by atoms with Gasteiger partial charge < -0.3 is 9.47 Å². The van der Waals surface area contributed by atoms with Gasteiger partial charge in [-0.25, -0.2) is 0 Å². The molecule has 0 aliphatic carbocycles. The van der Waals surface area contributed by atoms with E-state index in [4.69, 9.17) is 9.47 Å². The van der Waals surface area contributed by atoms with Crippen LogP contribution in [0.1, 0.15) is 22.3 Å². The maximum Gasteiger partial charge on any atom is 0.293 e. The molecule has 0 radical (unpaired) electrons. The number of carbonyl (C=O) groups excluding carboxylic acids is 2. The van der Waals surface area contributed by atoms with Gasteiger partial charge in [0, 0.05) is 17.7 Å². The fourth-order valence-corrected chi connectivity index (χ4v) is 4.41. The van der Waals surface area contributed by atoms with Crippen LogP contribution in [0.25, 0.3) is 6.08 Å². The highest BCUT2D eigenvalue weighted by molar-refractivity contribution is 8.18. The maximum absolute atomic E-state index is 12.9. The van der Waals surface area contributed by atoms with Crippen molar-refractivity contribution in [2.45, 2.75) is 20.5 Å². The fraction of sp³-hybridized carbons (Fsp3) is 0.185. The van der Waals surface area contributed by atoms with Gasteiger partial charge in [-0.1, -0.05) is 30.3 Å². The Labute approximate surface area is 212 Å². The van der Waals surface area contributed by atoms with E-state index in [0.29, 0.717) is 16.2 Å². The minimum atomic E-state index is -0.456. The Hall–Kier alpha value is -4.11. The number of hydrogen-bond donors (Lipinski definition) is 0. The second-order valence-electron chi connectivity index (χ2n) is 8.20. The lowest BCUT2D eigenvalue weighted by Gasteiger charge is -2.14. The van der Waals surface area contributed by atoms with Crippen LogP contribution in [0.5, 0.6) is 11.5 Å². The molecule has 184 valence electrons. The summed E-state index contributed by atoms with van der Waals surface area (Å²) in [4.78, 5) is 37.3. The number of nitro groups is 1. The molecule has 1 saturated heterocycles. The van der Waals surface area contributed by atoms with E-state index in [0.717, 1.165) is 34.2 Å². The van der Waals surface area contributed by atoms with E-state index in [1.807, 2.05) is 38.1 Å². The molecule has 3 aromatic rings. The smallest absolute Gasteiger partial charge is 0.293 e. The van der Waals surface area contributed by atoms with Gasteiger partial charge in [0.2, 0.25) is 0 Å². The first-order chi connectivity index (χ1) is 17.3. The van der Waals surface area contributed by atoms with E-state index in [1.54, 1.807) is 36.4 Å². The molecule has 2 amide bonds. The largest absolute Gasteiger partial charge is 0.491 e. The number of ether oxygens (including phenoxy) is 2. The van der Waals surface area contributed by atoms with Crippen LogP contribution >= 0.6 is 11.8 Å². The predicted molar refractivity (Wildman–Crippen MR) is 138 cm³/mol. The monoisotopic (exact) mass is 504 g/mol. The molecule has 0 unspecified atom stereocenters. The van der Waals surface area contributed by atoms with E-state index in [-0.39, 0.29) is 36.6 Å². The SMILES string of the molecule is Cc1ccc(C)c(OCCN2C(=O)S/C(=C\c3ccccc3OCc3ccc([N+](=O)[O-])cc3)C2=O)c1. The molecule has 9 heteroatoms. The molecule has 1 aliphatic heterocycles. The summed E-state index contributed by atoms with van der Waals surface area (Å²) in [7, 11) is 0. The van der Waals surface area contributed by atoms with Crippen molar-refractivity contribution in [3.63, 3.8) is 0 Å². The van der Waals surface area contributed by atoms with Crippen molar-refractivity contribution < 1.29 is 24.0 Å². The number of benzene rings is 3. The van der Waals surface area contributed by atoms with Gasteiger partial charge >= 0.3 is 0 Å². The third kappa shape index (κ3) is 5.92. The zero-order valence-electron chi connectivity index (χ0n) is 19.8. The zero-order valence-corrected chi connectivity index (χ0v) is 20.6. The van der Waals surface area contributed by atoms with Gasteiger partial charge in [-0.05, 0) is 72.6 Å². The number of amides is 2.